The SMILES string of the molecule is Cc1ncnc(N2CCC3(CCN(C)C3=O)CC2)c1-c1ccc(N)nc1. The number of carbonyl (C=O) groups is 1. The molecular formula is C19H24N6O. The molecule has 4 rings (SSSR count). The molecule has 4 heterocycles. The van der Waals surface area contributed by atoms with E-state index >= 15 is 0 Å². The van der Waals surface area contributed by atoms with Crippen LogP contribution in [0.2, 0.25) is 0 Å². The van der Waals surface area contributed by atoms with Crippen LogP contribution in [0.1, 0.15) is 25.0 Å². The summed E-state index contributed by atoms with van der Waals surface area (Å²) in [6.45, 7) is 4.50. The van der Waals surface area contributed by atoms with Gasteiger partial charge in [0.15, 0.2) is 0 Å². The average molecular weight is 352 g/mol. The number of hydrogen-bond acceptors (Lipinski definition) is 6. The molecule has 0 atom stereocenters. The van der Waals surface area contributed by atoms with Crippen molar-refractivity contribution in [1.29, 1.82) is 0 Å². The standard InChI is InChI=1S/C19H24N6O/c1-13-16(14-3-4-15(20)21-11-14)17(23-12-22-13)25-9-6-19(7-10-25)5-8-24(2)18(19)26/h3-4,11-12H,5-10H2,1-2H3,(H2,20,21). The Labute approximate surface area is 153 Å². The summed E-state index contributed by atoms with van der Waals surface area (Å²) in [5, 5.41) is 0. The van der Waals surface area contributed by atoms with Crippen molar-refractivity contribution in [2.24, 2.45) is 5.41 Å². The molecule has 0 aliphatic carbocycles. The summed E-state index contributed by atoms with van der Waals surface area (Å²) in [6, 6.07) is 3.75. The van der Waals surface area contributed by atoms with Crippen LogP contribution in [-0.2, 0) is 4.79 Å². The van der Waals surface area contributed by atoms with Crippen molar-refractivity contribution in [3.05, 3.63) is 30.4 Å². The zero-order valence-electron chi connectivity index (χ0n) is 15.3. The topological polar surface area (TPSA) is 88.2 Å². The minimum absolute atomic E-state index is 0.170. The first kappa shape index (κ1) is 16.8. The second-order valence-corrected chi connectivity index (χ2v) is 7.37. The number of likely N-dealkylation sites (tertiary alicyclic amines) is 1. The van der Waals surface area contributed by atoms with E-state index in [1.807, 2.05) is 24.9 Å². The number of pyridine rings is 1. The molecular weight excluding hydrogens is 328 g/mol. The third-order valence-corrected chi connectivity index (χ3v) is 5.84. The lowest BCUT2D eigenvalue weighted by molar-refractivity contribution is -0.135. The molecule has 1 spiro atoms. The van der Waals surface area contributed by atoms with E-state index in [9.17, 15) is 4.79 Å². The molecule has 2 aliphatic heterocycles. The molecule has 0 aromatic carbocycles. The van der Waals surface area contributed by atoms with Gasteiger partial charge in [0.05, 0.1) is 11.1 Å². The molecule has 2 N–H and O–H groups in total. The van der Waals surface area contributed by atoms with Crippen LogP contribution in [0.3, 0.4) is 0 Å². The van der Waals surface area contributed by atoms with E-state index in [0.29, 0.717) is 11.7 Å². The molecule has 7 nitrogen and oxygen atoms in total. The summed E-state index contributed by atoms with van der Waals surface area (Å²) in [5.41, 5.74) is 8.42. The Morgan fingerprint density at radius 2 is 1.81 bits per heavy atom. The van der Waals surface area contributed by atoms with Gasteiger partial charge in [-0.15, -0.1) is 0 Å². The van der Waals surface area contributed by atoms with Gasteiger partial charge >= 0.3 is 0 Å². The van der Waals surface area contributed by atoms with Gasteiger partial charge in [-0.1, -0.05) is 0 Å². The summed E-state index contributed by atoms with van der Waals surface area (Å²) in [7, 11) is 1.91. The molecule has 2 aromatic rings. The van der Waals surface area contributed by atoms with Gasteiger partial charge in [-0.25, -0.2) is 15.0 Å². The number of nitrogens with two attached hydrogens (primary N) is 1. The normalized spacial score (nSPS) is 19.4. The number of aromatic nitrogens is 3. The minimum Gasteiger partial charge on any atom is -0.384 e. The second-order valence-electron chi connectivity index (χ2n) is 7.37. The molecule has 136 valence electrons. The Kier molecular flexibility index (Phi) is 4.01. The van der Waals surface area contributed by atoms with Crippen LogP contribution in [0.4, 0.5) is 11.6 Å². The smallest absolute Gasteiger partial charge is 0.228 e. The highest BCUT2D eigenvalue weighted by molar-refractivity contribution is 5.85. The molecule has 2 fully saturated rings. The van der Waals surface area contributed by atoms with Crippen LogP contribution in [-0.4, -0.2) is 52.4 Å². The molecule has 0 unspecified atom stereocenters. The van der Waals surface area contributed by atoms with Crippen molar-refractivity contribution in [3.63, 3.8) is 0 Å². The van der Waals surface area contributed by atoms with Crippen LogP contribution in [0, 0.1) is 12.3 Å². The summed E-state index contributed by atoms with van der Waals surface area (Å²) >= 11 is 0. The first-order valence-corrected chi connectivity index (χ1v) is 9.04. The lowest BCUT2D eigenvalue weighted by Gasteiger charge is -2.39. The minimum atomic E-state index is -0.170. The Balaban J connectivity index is 1.63. The molecule has 2 aliphatic rings. The molecule has 0 bridgehead atoms. The maximum absolute atomic E-state index is 12.6. The number of nitrogens with zero attached hydrogens (tertiary/aromatic N) is 5. The molecule has 7 heteroatoms. The van der Waals surface area contributed by atoms with Crippen molar-refractivity contribution in [2.45, 2.75) is 26.2 Å². The van der Waals surface area contributed by atoms with Crippen LogP contribution in [0.5, 0.6) is 0 Å². The van der Waals surface area contributed by atoms with Crippen molar-refractivity contribution in [1.82, 2.24) is 19.9 Å². The van der Waals surface area contributed by atoms with Gasteiger partial charge in [0, 0.05) is 44.0 Å². The van der Waals surface area contributed by atoms with Crippen molar-refractivity contribution in [3.8, 4) is 11.1 Å². The van der Waals surface area contributed by atoms with Gasteiger partial charge in [-0.05, 0) is 38.3 Å². The number of hydrogen-bond donors (Lipinski definition) is 1. The number of aryl methyl sites for hydroxylation is 1. The number of carbonyl (C=O) groups excluding carboxylic acids is 1. The molecule has 0 radical (unpaired) electrons. The zero-order chi connectivity index (χ0) is 18.3. The van der Waals surface area contributed by atoms with Crippen molar-refractivity contribution < 1.29 is 4.79 Å². The number of piperidine rings is 1. The monoisotopic (exact) mass is 352 g/mol. The van der Waals surface area contributed by atoms with E-state index in [-0.39, 0.29) is 5.41 Å². The molecule has 2 saturated heterocycles. The van der Waals surface area contributed by atoms with Gasteiger partial charge in [0.2, 0.25) is 5.91 Å². The Morgan fingerprint density at radius 1 is 1.08 bits per heavy atom. The maximum atomic E-state index is 12.6. The van der Waals surface area contributed by atoms with Gasteiger partial charge in [0.25, 0.3) is 0 Å². The van der Waals surface area contributed by atoms with E-state index in [1.165, 1.54) is 0 Å². The molecule has 26 heavy (non-hydrogen) atoms. The van der Waals surface area contributed by atoms with Gasteiger partial charge in [0.1, 0.15) is 18.0 Å². The van der Waals surface area contributed by atoms with Crippen LogP contribution < -0.4 is 10.6 Å². The lowest BCUT2D eigenvalue weighted by atomic mass is 9.77. The Bertz CT molecular complexity index is 826. The second kappa shape index (κ2) is 6.23. The highest BCUT2D eigenvalue weighted by Gasteiger charge is 2.47. The average Bonchev–Trinajstić information content (AvgIpc) is 2.92. The highest BCUT2D eigenvalue weighted by Crippen LogP contribution is 2.43. The van der Waals surface area contributed by atoms with E-state index in [0.717, 1.165) is 61.5 Å². The first-order valence-electron chi connectivity index (χ1n) is 9.04. The summed E-state index contributed by atoms with van der Waals surface area (Å²) in [4.78, 5) is 29.9. The Morgan fingerprint density at radius 3 is 2.42 bits per heavy atom. The van der Waals surface area contributed by atoms with E-state index in [2.05, 4.69) is 19.9 Å². The zero-order valence-corrected chi connectivity index (χ0v) is 15.3. The van der Waals surface area contributed by atoms with Crippen molar-refractivity contribution in [2.75, 3.05) is 37.3 Å². The van der Waals surface area contributed by atoms with Gasteiger partial charge in [-0.2, -0.15) is 0 Å². The predicted molar refractivity (Wildman–Crippen MR) is 101 cm³/mol. The summed E-state index contributed by atoms with van der Waals surface area (Å²) in [6.07, 6.45) is 6.09. The predicted octanol–water partition coefficient (Wildman–Crippen LogP) is 1.88. The Hall–Kier alpha value is -2.70. The van der Waals surface area contributed by atoms with Crippen molar-refractivity contribution >= 4 is 17.5 Å². The quantitative estimate of drug-likeness (QED) is 0.888. The van der Waals surface area contributed by atoms with E-state index in [1.54, 1.807) is 18.6 Å². The van der Waals surface area contributed by atoms with E-state index in [4.69, 9.17) is 5.73 Å². The van der Waals surface area contributed by atoms with Gasteiger partial charge < -0.3 is 15.5 Å². The number of nitrogen functional groups attached to an aromatic ring is 1. The highest BCUT2D eigenvalue weighted by atomic mass is 16.2. The molecule has 2 aromatic heterocycles. The maximum Gasteiger partial charge on any atom is 0.228 e. The fourth-order valence-electron chi connectivity index (χ4n) is 4.20. The van der Waals surface area contributed by atoms with Gasteiger partial charge in [-0.3, -0.25) is 4.79 Å². The molecule has 0 saturated carbocycles. The first-order chi connectivity index (χ1) is 12.5. The third-order valence-electron chi connectivity index (χ3n) is 5.84. The fourth-order valence-corrected chi connectivity index (χ4v) is 4.20. The summed E-state index contributed by atoms with van der Waals surface area (Å²) in [5.74, 6) is 1.71. The van der Waals surface area contributed by atoms with Crippen LogP contribution in [0.25, 0.3) is 11.1 Å². The molecule has 1 amide bonds. The lowest BCUT2D eigenvalue weighted by Crippen LogP contribution is -2.44. The van der Waals surface area contributed by atoms with E-state index < -0.39 is 0 Å². The number of rotatable bonds is 2. The van der Waals surface area contributed by atoms with Crippen LogP contribution in [0.15, 0.2) is 24.7 Å². The largest absolute Gasteiger partial charge is 0.384 e. The number of anilines is 2. The van der Waals surface area contributed by atoms with Crippen LogP contribution >= 0.6 is 0 Å². The third kappa shape index (κ3) is 2.67. The summed E-state index contributed by atoms with van der Waals surface area (Å²) < 4.78 is 0. The fraction of sp³-hybridized carbons (Fsp3) is 0.474. The number of amides is 1.